The number of alkyl halides is 3. The maximum atomic E-state index is 13.0. The standard InChI is InChI=1S/C27H29N3O3.C2HF3O2/c1-18-7-6-9-22(15-18)30-14-13-29(17-20(30)3)25-12-11-21(27(32)33)16-24(25)28-26(31)23-10-5-4-8-19(23)2;3-2(4,5)1(6)7/h4-12,15-16,20H,13-14,17H2,1-3H3,(H,28,31)(H,32,33);(H,6,7). The zero-order chi connectivity index (χ0) is 29.6. The summed E-state index contributed by atoms with van der Waals surface area (Å²) in [6, 6.07) is 21.1. The molecule has 40 heavy (non-hydrogen) atoms. The summed E-state index contributed by atoms with van der Waals surface area (Å²) < 4.78 is 31.7. The maximum Gasteiger partial charge on any atom is 0.490 e. The minimum Gasteiger partial charge on any atom is -0.478 e. The molecule has 3 N–H and O–H groups in total. The molecule has 0 saturated carbocycles. The van der Waals surface area contributed by atoms with Gasteiger partial charge in [0.25, 0.3) is 5.91 Å². The van der Waals surface area contributed by atoms with Gasteiger partial charge < -0.3 is 25.3 Å². The Morgan fingerprint density at radius 1 is 0.925 bits per heavy atom. The molecule has 4 rings (SSSR count). The van der Waals surface area contributed by atoms with Crippen LogP contribution in [0.3, 0.4) is 0 Å². The quantitative estimate of drug-likeness (QED) is 0.375. The number of piperazine rings is 1. The number of benzene rings is 3. The van der Waals surface area contributed by atoms with E-state index >= 15 is 0 Å². The van der Waals surface area contributed by atoms with E-state index in [1.807, 2.05) is 25.1 Å². The highest BCUT2D eigenvalue weighted by Gasteiger charge is 2.38. The molecule has 3 aromatic carbocycles. The molecule has 1 atom stereocenters. The average molecular weight is 558 g/mol. The number of nitrogens with zero attached hydrogens (tertiary/aromatic N) is 2. The summed E-state index contributed by atoms with van der Waals surface area (Å²) in [6.45, 7) is 8.52. The number of carboxylic acid groups (broad SMARTS) is 2. The molecule has 1 amide bonds. The first-order valence-electron chi connectivity index (χ1n) is 12.4. The zero-order valence-corrected chi connectivity index (χ0v) is 22.2. The monoisotopic (exact) mass is 557 g/mol. The largest absolute Gasteiger partial charge is 0.490 e. The molecule has 1 heterocycles. The van der Waals surface area contributed by atoms with Crippen molar-refractivity contribution in [1.29, 1.82) is 0 Å². The van der Waals surface area contributed by atoms with Crippen LogP contribution in [0.1, 0.15) is 38.8 Å². The van der Waals surface area contributed by atoms with E-state index in [9.17, 15) is 27.9 Å². The van der Waals surface area contributed by atoms with Crippen LogP contribution < -0.4 is 15.1 Å². The molecule has 1 aliphatic rings. The number of carboxylic acids is 2. The van der Waals surface area contributed by atoms with E-state index in [1.54, 1.807) is 24.3 Å². The van der Waals surface area contributed by atoms with Gasteiger partial charge in [-0.1, -0.05) is 30.3 Å². The van der Waals surface area contributed by atoms with Gasteiger partial charge >= 0.3 is 18.1 Å². The Morgan fingerprint density at radius 2 is 1.60 bits per heavy atom. The molecule has 1 aliphatic heterocycles. The highest BCUT2D eigenvalue weighted by Crippen LogP contribution is 2.31. The third-order valence-electron chi connectivity index (χ3n) is 6.43. The smallest absolute Gasteiger partial charge is 0.478 e. The van der Waals surface area contributed by atoms with Crippen LogP contribution in [0, 0.1) is 13.8 Å². The van der Waals surface area contributed by atoms with Gasteiger partial charge in [0, 0.05) is 36.9 Å². The molecule has 0 radical (unpaired) electrons. The fraction of sp³-hybridized carbons (Fsp3) is 0.276. The first kappa shape index (κ1) is 30.0. The highest BCUT2D eigenvalue weighted by atomic mass is 19.4. The Morgan fingerprint density at radius 3 is 2.17 bits per heavy atom. The van der Waals surface area contributed by atoms with E-state index in [0.29, 0.717) is 11.3 Å². The number of rotatable bonds is 5. The van der Waals surface area contributed by atoms with Crippen molar-refractivity contribution in [3.8, 4) is 0 Å². The number of anilines is 3. The number of carbonyl (C=O) groups excluding carboxylic acids is 1. The van der Waals surface area contributed by atoms with Crippen LogP contribution in [0.15, 0.2) is 66.7 Å². The first-order chi connectivity index (χ1) is 18.8. The predicted molar refractivity (Wildman–Crippen MR) is 146 cm³/mol. The second-order valence-electron chi connectivity index (χ2n) is 9.44. The molecular weight excluding hydrogens is 527 g/mol. The Labute approximate surface area is 229 Å². The van der Waals surface area contributed by atoms with Crippen molar-refractivity contribution in [2.24, 2.45) is 0 Å². The molecule has 11 heteroatoms. The predicted octanol–water partition coefficient (Wildman–Crippen LogP) is 5.60. The number of aromatic carboxylic acids is 1. The van der Waals surface area contributed by atoms with Gasteiger partial charge in [-0.25, -0.2) is 9.59 Å². The van der Waals surface area contributed by atoms with E-state index in [4.69, 9.17) is 9.90 Å². The number of aryl methyl sites for hydroxylation is 2. The van der Waals surface area contributed by atoms with E-state index in [-0.39, 0.29) is 17.5 Å². The van der Waals surface area contributed by atoms with E-state index in [1.165, 1.54) is 11.3 Å². The van der Waals surface area contributed by atoms with Gasteiger partial charge in [0.05, 0.1) is 16.9 Å². The molecule has 1 saturated heterocycles. The van der Waals surface area contributed by atoms with Crippen molar-refractivity contribution in [2.75, 3.05) is 34.8 Å². The van der Waals surface area contributed by atoms with Crippen LogP contribution >= 0.6 is 0 Å². The van der Waals surface area contributed by atoms with Crippen molar-refractivity contribution < 1.29 is 37.8 Å². The van der Waals surface area contributed by atoms with Crippen LogP contribution in [0.2, 0.25) is 0 Å². The molecule has 0 bridgehead atoms. The molecule has 0 aliphatic carbocycles. The summed E-state index contributed by atoms with van der Waals surface area (Å²) >= 11 is 0. The fourth-order valence-electron chi connectivity index (χ4n) is 4.43. The molecular formula is C29H30F3N3O5. The summed E-state index contributed by atoms with van der Waals surface area (Å²) in [7, 11) is 0. The fourth-order valence-corrected chi connectivity index (χ4v) is 4.43. The highest BCUT2D eigenvalue weighted by molar-refractivity contribution is 6.07. The number of carbonyl (C=O) groups is 3. The molecule has 8 nitrogen and oxygen atoms in total. The SMILES string of the molecule is Cc1cccc(N2CCN(c3ccc(C(=O)O)cc3NC(=O)c3ccccc3C)CC2C)c1.O=C(O)C(F)(F)F. The lowest BCUT2D eigenvalue weighted by Crippen LogP contribution is -2.52. The van der Waals surface area contributed by atoms with Crippen molar-refractivity contribution in [3.05, 3.63) is 89.0 Å². The normalized spacial score (nSPS) is 15.1. The van der Waals surface area contributed by atoms with Crippen molar-refractivity contribution in [2.45, 2.75) is 33.0 Å². The van der Waals surface area contributed by atoms with E-state index < -0.39 is 18.1 Å². The van der Waals surface area contributed by atoms with Gasteiger partial charge in [0.2, 0.25) is 0 Å². The molecule has 1 fully saturated rings. The van der Waals surface area contributed by atoms with Crippen LogP contribution in [0.25, 0.3) is 0 Å². The lowest BCUT2D eigenvalue weighted by atomic mass is 10.1. The van der Waals surface area contributed by atoms with Gasteiger partial charge in [-0.3, -0.25) is 4.79 Å². The zero-order valence-electron chi connectivity index (χ0n) is 22.2. The molecule has 0 spiro atoms. The number of nitrogens with one attached hydrogen (secondary N) is 1. The maximum absolute atomic E-state index is 13.0. The van der Waals surface area contributed by atoms with Crippen LogP contribution in [-0.4, -0.2) is 59.9 Å². The summed E-state index contributed by atoms with van der Waals surface area (Å²) in [4.78, 5) is 38.1. The summed E-state index contributed by atoms with van der Waals surface area (Å²) in [5, 5.41) is 19.6. The lowest BCUT2D eigenvalue weighted by Gasteiger charge is -2.43. The van der Waals surface area contributed by atoms with Crippen LogP contribution in [0.5, 0.6) is 0 Å². The Balaban J connectivity index is 0.000000559. The number of amides is 1. The molecule has 212 valence electrons. The average Bonchev–Trinajstić information content (AvgIpc) is 2.88. The number of hydrogen-bond donors (Lipinski definition) is 3. The Hall–Kier alpha value is -4.54. The minimum atomic E-state index is -5.08. The summed E-state index contributed by atoms with van der Waals surface area (Å²) in [6.07, 6.45) is -5.08. The van der Waals surface area contributed by atoms with Crippen molar-refractivity contribution in [1.82, 2.24) is 0 Å². The lowest BCUT2D eigenvalue weighted by molar-refractivity contribution is -0.192. The molecule has 0 aromatic heterocycles. The number of aliphatic carboxylic acids is 1. The Kier molecular flexibility index (Phi) is 9.41. The van der Waals surface area contributed by atoms with Gasteiger partial charge in [0.1, 0.15) is 0 Å². The summed E-state index contributed by atoms with van der Waals surface area (Å²) in [5.41, 5.74) is 5.36. The van der Waals surface area contributed by atoms with Gasteiger partial charge in [-0.15, -0.1) is 0 Å². The van der Waals surface area contributed by atoms with E-state index in [2.05, 4.69) is 53.2 Å². The minimum absolute atomic E-state index is 0.144. The van der Waals surface area contributed by atoms with Gasteiger partial charge in [-0.05, 0) is 68.3 Å². The molecule has 1 unspecified atom stereocenters. The summed E-state index contributed by atoms with van der Waals surface area (Å²) in [5.74, 6) is -4.03. The van der Waals surface area contributed by atoms with Crippen LogP contribution in [-0.2, 0) is 4.79 Å². The third kappa shape index (κ3) is 7.52. The Bertz CT molecular complexity index is 1390. The number of hydrogen-bond acceptors (Lipinski definition) is 5. The second-order valence-corrected chi connectivity index (χ2v) is 9.44. The molecule has 3 aromatic rings. The first-order valence-corrected chi connectivity index (χ1v) is 12.4. The van der Waals surface area contributed by atoms with Crippen molar-refractivity contribution >= 4 is 34.9 Å². The van der Waals surface area contributed by atoms with Crippen molar-refractivity contribution in [3.63, 3.8) is 0 Å². The van der Waals surface area contributed by atoms with E-state index in [0.717, 1.165) is 30.9 Å². The second kappa shape index (κ2) is 12.5. The third-order valence-corrected chi connectivity index (χ3v) is 6.43. The van der Waals surface area contributed by atoms with Gasteiger partial charge in [-0.2, -0.15) is 13.2 Å². The van der Waals surface area contributed by atoms with Crippen LogP contribution in [0.4, 0.5) is 30.2 Å². The number of halogens is 3. The topological polar surface area (TPSA) is 110 Å². The van der Waals surface area contributed by atoms with Gasteiger partial charge in [0.15, 0.2) is 0 Å².